The summed E-state index contributed by atoms with van der Waals surface area (Å²) in [4.78, 5) is 31.0. The molecule has 0 unspecified atom stereocenters. The molecule has 2 saturated heterocycles. The molecule has 2 atom stereocenters. The number of fused-ring (bicyclic) bond motifs is 1. The first kappa shape index (κ1) is 29.9. The molecule has 2 aromatic rings. The van der Waals surface area contributed by atoms with Gasteiger partial charge in [0.05, 0.1) is 38.0 Å². The fourth-order valence-corrected chi connectivity index (χ4v) is 5.88. The number of unbranched alkanes of at least 4 members (excludes halogenated alkanes) is 1. The van der Waals surface area contributed by atoms with Crippen LogP contribution in [-0.4, -0.2) is 85.3 Å². The summed E-state index contributed by atoms with van der Waals surface area (Å²) in [7, 11) is 0. The summed E-state index contributed by atoms with van der Waals surface area (Å²) in [5.41, 5.74) is 2.23. The van der Waals surface area contributed by atoms with E-state index in [0.717, 1.165) is 43.8 Å². The second kappa shape index (κ2) is 13.6. The molecule has 226 valence electrons. The van der Waals surface area contributed by atoms with Gasteiger partial charge in [0.25, 0.3) is 11.7 Å². The standard InChI is InChI=1S/C33H42N2O7/c1-4-6-16-41-27-11-8-23(21-28(27)40-5-2)30-29(31(36)24-9-10-26-25(20-24)19-22(3)42-26)32(37)33(38)35(30)13-7-12-34-14-17-39-18-15-34/h8-11,20-22,30,36H,4-7,12-19H2,1-3H3/b31-29+/t22-,30+/m1/s1. The summed E-state index contributed by atoms with van der Waals surface area (Å²) in [6.07, 6.45) is 3.38. The minimum atomic E-state index is -0.762. The minimum Gasteiger partial charge on any atom is -0.507 e. The number of amides is 1. The third-order valence-electron chi connectivity index (χ3n) is 8.03. The number of aliphatic hydroxyl groups excluding tert-OH is 1. The van der Waals surface area contributed by atoms with Crippen LogP contribution in [0, 0.1) is 0 Å². The molecule has 1 amide bonds. The van der Waals surface area contributed by atoms with E-state index in [2.05, 4.69) is 11.8 Å². The zero-order chi connectivity index (χ0) is 29.6. The number of nitrogens with zero attached hydrogens (tertiary/aromatic N) is 2. The van der Waals surface area contributed by atoms with Gasteiger partial charge in [-0.05, 0) is 68.1 Å². The number of morpholine rings is 1. The Balaban J connectivity index is 1.51. The maximum atomic E-state index is 13.6. The molecule has 1 N–H and O–H groups in total. The van der Waals surface area contributed by atoms with Crippen molar-refractivity contribution in [3.05, 3.63) is 58.7 Å². The van der Waals surface area contributed by atoms with Crippen molar-refractivity contribution in [3.63, 3.8) is 0 Å². The Bertz CT molecular complexity index is 1320. The second-order valence-corrected chi connectivity index (χ2v) is 11.1. The highest BCUT2D eigenvalue weighted by molar-refractivity contribution is 6.46. The normalized spacial score (nSPS) is 21.8. The lowest BCUT2D eigenvalue weighted by Crippen LogP contribution is -2.39. The van der Waals surface area contributed by atoms with Gasteiger partial charge < -0.3 is 29.0 Å². The van der Waals surface area contributed by atoms with Gasteiger partial charge in [0.2, 0.25) is 0 Å². The number of rotatable bonds is 12. The van der Waals surface area contributed by atoms with Gasteiger partial charge in [0.1, 0.15) is 17.6 Å². The lowest BCUT2D eigenvalue weighted by Gasteiger charge is -2.29. The van der Waals surface area contributed by atoms with E-state index in [4.69, 9.17) is 18.9 Å². The monoisotopic (exact) mass is 578 g/mol. The summed E-state index contributed by atoms with van der Waals surface area (Å²) in [6.45, 7) is 11.2. The van der Waals surface area contributed by atoms with Crippen molar-refractivity contribution in [2.75, 3.05) is 52.6 Å². The van der Waals surface area contributed by atoms with E-state index in [9.17, 15) is 14.7 Å². The van der Waals surface area contributed by atoms with Crippen molar-refractivity contribution in [1.29, 1.82) is 0 Å². The molecule has 5 rings (SSSR count). The number of carbonyl (C=O) groups excluding carboxylic acids is 2. The largest absolute Gasteiger partial charge is 0.507 e. The van der Waals surface area contributed by atoms with Crippen LogP contribution in [0.3, 0.4) is 0 Å². The molecule has 2 aromatic carbocycles. The number of likely N-dealkylation sites (tertiary alicyclic amines) is 1. The first-order valence-corrected chi connectivity index (χ1v) is 15.2. The lowest BCUT2D eigenvalue weighted by molar-refractivity contribution is -0.140. The molecular weight excluding hydrogens is 536 g/mol. The molecule has 0 saturated carbocycles. The molecule has 3 aliphatic heterocycles. The number of ketones is 1. The van der Waals surface area contributed by atoms with E-state index in [0.29, 0.717) is 68.4 Å². The predicted octanol–water partition coefficient (Wildman–Crippen LogP) is 4.73. The van der Waals surface area contributed by atoms with E-state index in [1.807, 2.05) is 44.2 Å². The Morgan fingerprint density at radius 1 is 1.00 bits per heavy atom. The van der Waals surface area contributed by atoms with Crippen molar-refractivity contribution < 1.29 is 33.6 Å². The van der Waals surface area contributed by atoms with Crippen molar-refractivity contribution in [2.24, 2.45) is 0 Å². The third-order valence-corrected chi connectivity index (χ3v) is 8.03. The van der Waals surface area contributed by atoms with Crippen LogP contribution < -0.4 is 14.2 Å². The highest BCUT2D eigenvalue weighted by atomic mass is 16.5. The van der Waals surface area contributed by atoms with Crippen LogP contribution in [0.15, 0.2) is 42.0 Å². The Hall–Kier alpha value is -3.56. The third kappa shape index (κ3) is 6.42. The average molecular weight is 579 g/mol. The Morgan fingerprint density at radius 2 is 1.81 bits per heavy atom. The quantitative estimate of drug-likeness (QED) is 0.167. The molecule has 42 heavy (non-hydrogen) atoms. The minimum absolute atomic E-state index is 0.0458. The predicted molar refractivity (Wildman–Crippen MR) is 159 cm³/mol. The van der Waals surface area contributed by atoms with Gasteiger partial charge in [-0.1, -0.05) is 19.4 Å². The Morgan fingerprint density at radius 3 is 2.57 bits per heavy atom. The smallest absolute Gasteiger partial charge is 0.295 e. The topological polar surface area (TPSA) is 97.8 Å². The Kier molecular flexibility index (Phi) is 9.69. The first-order valence-electron chi connectivity index (χ1n) is 15.2. The van der Waals surface area contributed by atoms with Crippen LogP contribution in [0.1, 0.15) is 62.8 Å². The van der Waals surface area contributed by atoms with E-state index >= 15 is 0 Å². The maximum absolute atomic E-state index is 13.6. The number of hydrogen-bond donors (Lipinski definition) is 1. The molecule has 3 heterocycles. The number of hydrogen-bond acceptors (Lipinski definition) is 8. The fraction of sp³-hybridized carbons (Fsp3) is 0.515. The van der Waals surface area contributed by atoms with E-state index < -0.39 is 17.7 Å². The van der Waals surface area contributed by atoms with Crippen molar-refractivity contribution in [3.8, 4) is 17.2 Å². The molecule has 0 spiro atoms. The SMILES string of the molecule is CCCCOc1ccc([C@H]2/C(=C(\O)c3ccc4c(c3)C[C@@H](C)O4)C(=O)C(=O)N2CCCN2CCOCC2)cc1OCC. The summed E-state index contributed by atoms with van der Waals surface area (Å²) in [6, 6.07) is 10.2. The van der Waals surface area contributed by atoms with E-state index in [1.54, 1.807) is 11.0 Å². The van der Waals surface area contributed by atoms with Gasteiger partial charge in [-0.25, -0.2) is 0 Å². The molecule has 9 nitrogen and oxygen atoms in total. The Labute approximate surface area is 248 Å². The van der Waals surface area contributed by atoms with Crippen molar-refractivity contribution in [1.82, 2.24) is 9.80 Å². The highest BCUT2D eigenvalue weighted by Gasteiger charge is 2.46. The summed E-state index contributed by atoms with van der Waals surface area (Å²) < 4.78 is 23.2. The maximum Gasteiger partial charge on any atom is 0.295 e. The number of ether oxygens (including phenoxy) is 4. The van der Waals surface area contributed by atoms with Crippen LogP contribution in [0.2, 0.25) is 0 Å². The second-order valence-electron chi connectivity index (χ2n) is 11.1. The number of carbonyl (C=O) groups is 2. The molecule has 0 aliphatic carbocycles. The number of Topliss-reactive ketones (excluding diaryl/α,β-unsaturated/α-hetero) is 1. The van der Waals surface area contributed by atoms with Crippen LogP contribution >= 0.6 is 0 Å². The van der Waals surface area contributed by atoms with E-state index in [1.165, 1.54) is 0 Å². The van der Waals surface area contributed by atoms with Gasteiger partial charge in [-0.2, -0.15) is 0 Å². The molecule has 0 radical (unpaired) electrons. The molecular formula is C33H42N2O7. The fourth-order valence-electron chi connectivity index (χ4n) is 5.88. The summed E-state index contributed by atoms with van der Waals surface area (Å²) in [5.74, 6) is 0.467. The molecule has 9 heteroatoms. The van der Waals surface area contributed by atoms with Gasteiger partial charge in [-0.15, -0.1) is 0 Å². The van der Waals surface area contributed by atoms with Crippen LogP contribution in [0.4, 0.5) is 0 Å². The molecule has 0 bridgehead atoms. The van der Waals surface area contributed by atoms with Gasteiger partial charge >= 0.3 is 0 Å². The van der Waals surface area contributed by atoms with Crippen LogP contribution in [0.25, 0.3) is 5.76 Å². The van der Waals surface area contributed by atoms with Gasteiger partial charge in [0.15, 0.2) is 11.5 Å². The van der Waals surface area contributed by atoms with Gasteiger partial charge in [0, 0.05) is 38.2 Å². The van der Waals surface area contributed by atoms with E-state index in [-0.39, 0.29) is 17.4 Å². The molecule has 3 aliphatic rings. The molecule has 2 fully saturated rings. The zero-order valence-corrected chi connectivity index (χ0v) is 24.9. The zero-order valence-electron chi connectivity index (χ0n) is 24.9. The highest BCUT2D eigenvalue weighted by Crippen LogP contribution is 2.43. The first-order chi connectivity index (χ1) is 20.4. The number of benzene rings is 2. The van der Waals surface area contributed by atoms with Crippen molar-refractivity contribution in [2.45, 2.75) is 58.6 Å². The summed E-state index contributed by atoms with van der Waals surface area (Å²) in [5, 5.41) is 11.6. The van der Waals surface area contributed by atoms with Crippen LogP contribution in [-0.2, 0) is 20.7 Å². The average Bonchev–Trinajstić information content (AvgIpc) is 3.49. The lowest BCUT2D eigenvalue weighted by atomic mass is 9.94. The van der Waals surface area contributed by atoms with Crippen molar-refractivity contribution >= 4 is 17.4 Å². The summed E-state index contributed by atoms with van der Waals surface area (Å²) >= 11 is 0. The number of aliphatic hydroxyl groups is 1. The van der Waals surface area contributed by atoms with Gasteiger partial charge in [-0.3, -0.25) is 14.5 Å². The molecule has 0 aromatic heterocycles. The van der Waals surface area contributed by atoms with Crippen LogP contribution in [0.5, 0.6) is 17.2 Å².